The summed E-state index contributed by atoms with van der Waals surface area (Å²) in [6.07, 6.45) is 3.51. The Bertz CT molecular complexity index is 869. The first-order valence-electron chi connectivity index (χ1n) is 8.00. The third-order valence-corrected chi connectivity index (χ3v) is 6.16. The molecule has 2 N–H and O–H groups in total. The Hall–Kier alpha value is -2.09. The molecule has 1 heterocycles. The third kappa shape index (κ3) is 3.10. The van der Waals surface area contributed by atoms with Crippen LogP contribution in [0.5, 0.6) is 0 Å². The summed E-state index contributed by atoms with van der Waals surface area (Å²) in [6, 6.07) is 5.16. The fourth-order valence-electron chi connectivity index (χ4n) is 2.72. The second kappa shape index (κ2) is 6.08. The fraction of sp³-hybridized carbons (Fsp3) is 0.500. The summed E-state index contributed by atoms with van der Waals surface area (Å²) in [7, 11) is -0.735. The standard InChI is InChI=1S/C16H22N4O3S/c1-10(16(21)20(2)3)24(22,23)19-12-7-8-13-14(9-12)18-15(17-13)11-5-4-6-11/h7-11,19H,4-6H2,1-3H3,(H,17,18)/t10-/m0/s1. The van der Waals surface area contributed by atoms with E-state index in [-0.39, 0.29) is 0 Å². The van der Waals surface area contributed by atoms with Gasteiger partial charge in [0.1, 0.15) is 5.82 Å². The second-order valence-electron chi connectivity index (χ2n) is 6.50. The first kappa shape index (κ1) is 16.8. The first-order chi connectivity index (χ1) is 11.3. The van der Waals surface area contributed by atoms with Gasteiger partial charge in [0, 0.05) is 20.0 Å². The summed E-state index contributed by atoms with van der Waals surface area (Å²) in [4.78, 5) is 21.0. The van der Waals surface area contributed by atoms with Gasteiger partial charge in [-0.2, -0.15) is 0 Å². The Morgan fingerprint density at radius 2 is 2.08 bits per heavy atom. The van der Waals surface area contributed by atoms with Crippen LogP contribution in [0.2, 0.25) is 0 Å². The maximum absolute atomic E-state index is 12.4. The minimum atomic E-state index is -3.80. The lowest BCUT2D eigenvalue weighted by Gasteiger charge is -2.22. The molecule has 1 aliphatic carbocycles. The molecular formula is C16H22N4O3S. The van der Waals surface area contributed by atoms with Crippen LogP contribution in [0, 0.1) is 0 Å². The lowest BCUT2D eigenvalue weighted by molar-refractivity contribution is -0.127. The SMILES string of the molecule is C[C@@H](C(=O)N(C)C)S(=O)(=O)Nc1ccc2nc(C3CCC3)[nH]c2c1. The molecule has 1 atom stereocenters. The van der Waals surface area contributed by atoms with Crippen molar-refractivity contribution in [3.8, 4) is 0 Å². The van der Waals surface area contributed by atoms with E-state index in [4.69, 9.17) is 0 Å². The maximum Gasteiger partial charge on any atom is 0.244 e. The zero-order chi connectivity index (χ0) is 17.5. The maximum atomic E-state index is 12.4. The Morgan fingerprint density at radius 1 is 1.38 bits per heavy atom. The highest BCUT2D eigenvalue weighted by molar-refractivity contribution is 7.94. The van der Waals surface area contributed by atoms with Crippen LogP contribution in [-0.4, -0.2) is 48.5 Å². The van der Waals surface area contributed by atoms with Crippen molar-refractivity contribution in [2.45, 2.75) is 37.4 Å². The zero-order valence-electron chi connectivity index (χ0n) is 14.0. The number of aromatic amines is 1. The number of sulfonamides is 1. The number of carbonyl (C=O) groups is 1. The van der Waals surface area contributed by atoms with Crippen LogP contribution in [0.15, 0.2) is 18.2 Å². The molecule has 0 radical (unpaired) electrons. The van der Waals surface area contributed by atoms with E-state index < -0.39 is 21.2 Å². The van der Waals surface area contributed by atoms with E-state index in [1.165, 1.54) is 32.3 Å². The molecular weight excluding hydrogens is 328 g/mol. The number of benzene rings is 1. The number of imidazole rings is 1. The summed E-state index contributed by atoms with van der Waals surface area (Å²) in [5.74, 6) is 0.986. The van der Waals surface area contributed by atoms with Crippen molar-refractivity contribution in [3.63, 3.8) is 0 Å². The number of nitrogens with zero attached hydrogens (tertiary/aromatic N) is 2. The molecule has 24 heavy (non-hydrogen) atoms. The number of hydrogen-bond donors (Lipinski definition) is 2. The van der Waals surface area contributed by atoms with Gasteiger partial charge in [-0.3, -0.25) is 9.52 Å². The third-order valence-electron chi connectivity index (χ3n) is 4.51. The lowest BCUT2D eigenvalue weighted by Crippen LogP contribution is -2.39. The normalized spacial score (nSPS) is 16.6. The zero-order valence-corrected chi connectivity index (χ0v) is 14.9. The van der Waals surface area contributed by atoms with E-state index in [0.717, 1.165) is 29.7 Å². The molecule has 1 aromatic heterocycles. The number of aromatic nitrogens is 2. The van der Waals surface area contributed by atoms with Gasteiger partial charge in [0.15, 0.2) is 5.25 Å². The monoisotopic (exact) mass is 350 g/mol. The molecule has 1 aliphatic rings. The van der Waals surface area contributed by atoms with Crippen LogP contribution in [-0.2, 0) is 14.8 Å². The molecule has 7 nitrogen and oxygen atoms in total. The summed E-state index contributed by atoms with van der Waals surface area (Å²) in [5.41, 5.74) is 2.03. The number of anilines is 1. The van der Waals surface area contributed by atoms with Gasteiger partial charge in [-0.05, 0) is 38.0 Å². The number of fused-ring (bicyclic) bond motifs is 1. The first-order valence-corrected chi connectivity index (χ1v) is 9.55. The van der Waals surface area contributed by atoms with Crippen LogP contribution >= 0.6 is 0 Å². The van der Waals surface area contributed by atoms with Crippen molar-refractivity contribution in [3.05, 3.63) is 24.0 Å². The van der Waals surface area contributed by atoms with Crippen molar-refractivity contribution in [2.24, 2.45) is 0 Å². The number of rotatable bonds is 5. The smallest absolute Gasteiger partial charge is 0.244 e. The topological polar surface area (TPSA) is 95.2 Å². The molecule has 8 heteroatoms. The minimum absolute atomic E-state index is 0.421. The van der Waals surface area contributed by atoms with E-state index >= 15 is 0 Å². The quantitative estimate of drug-likeness (QED) is 0.863. The summed E-state index contributed by atoms with van der Waals surface area (Å²) in [5, 5.41) is -1.16. The highest BCUT2D eigenvalue weighted by atomic mass is 32.2. The average molecular weight is 350 g/mol. The molecule has 0 unspecified atom stereocenters. The average Bonchev–Trinajstić information content (AvgIpc) is 2.85. The molecule has 0 spiro atoms. The highest BCUT2D eigenvalue weighted by Gasteiger charge is 2.29. The Balaban J connectivity index is 1.82. The van der Waals surface area contributed by atoms with E-state index in [1.54, 1.807) is 18.2 Å². The van der Waals surface area contributed by atoms with E-state index in [1.807, 2.05) is 0 Å². The Morgan fingerprint density at radius 3 is 2.67 bits per heavy atom. The predicted molar refractivity (Wildman–Crippen MR) is 93.4 cm³/mol. The lowest BCUT2D eigenvalue weighted by atomic mass is 9.85. The van der Waals surface area contributed by atoms with Gasteiger partial charge in [-0.25, -0.2) is 13.4 Å². The molecule has 130 valence electrons. The van der Waals surface area contributed by atoms with Gasteiger partial charge in [0.05, 0.1) is 16.7 Å². The highest BCUT2D eigenvalue weighted by Crippen LogP contribution is 2.35. The van der Waals surface area contributed by atoms with Gasteiger partial charge < -0.3 is 9.88 Å². The van der Waals surface area contributed by atoms with Gasteiger partial charge in [0.25, 0.3) is 0 Å². The molecule has 1 aromatic carbocycles. The summed E-state index contributed by atoms with van der Waals surface area (Å²) >= 11 is 0. The van der Waals surface area contributed by atoms with Crippen LogP contribution in [0.25, 0.3) is 11.0 Å². The van der Waals surface area contributed by atoms with Gasteiger partial charge in [-0.15, -0.1) is 0 Å². The molecule has 0 bridgehead atoms. The Kier molecular flexibility index (Phi) is 4.25. The fourth-order valence-corrected chi connectivity index (χ4v) is 3.83. The van der Waals surface area contributed by atoms with E-state index in [9.17, 15) is 13.2 Å². The van der Waals surface area contributed by atoms with Crippen LogP contribution in [0.4, 0.5) is 5.69 Å². The van der Waals surface area contributed by atoms with Crippen molar-refractivity contribution in [1.29, 1.82) is 0 Å². The van der Waals surface area contributed by atoms with Crippen molar-refractivity contribution in [1.82, 2.24) is 14.9 Å². The molecule has 1 saturated carbocycles. The number of H-pyrrole nitrogens is 1. The summed E-state index contributed by atoms with van der Waals surface area (Å²) in [6.45, 7) is 1.38. The van der Waals surface area contributed by atoms with Crippen molar-refractivity contribution in [2.75, 3.05) is 18.8 Å². The van der Waals surface area contributed by atoms with Crippen LogP contribution in [0.3, 0.4) is 0 Å². The number of hydrogen-bond acceptors (Lipinski definition) is 4. The van der Waals surface area contributed by atoms with Gasteiger partial charge >= 0.3 is 0 Å². The van der Waals surface area contributed by atoms with Crippen LogP contribution < -0.4 is 4.72 Å². The number of nitrogens with one attached hydrogen (secondary N) is 2. The Labute approximate surface area is 141 Å². The predicted octanol–water partition coefficient (Wildman–Crippen LogP) is 2.05. The second-order valence-corrected chi connectivity index (χ2v) is 8.51. The van der Waals surface area contributed by atoms with Crippen LogP contribution in [0.1, 0.15) is 37.9 Å². The molecule has 3 rings (SSSR count). The largest absolute Gasteiger partial charge is 0.348 e. The molecule has 0 saturated heterocycles. The molecule has 2 aromatic rings. The van der Waals surface area contributed by atoms with Gasteiger partial charge in [0.2, 0.25) is 15.9 Å². The molecule has 0 aliphatic heterocycles. The minimum Gasteiger partial charge on any atom is -0.348 e. The van der Waals surface area contributed by atoms with Crippen molar-refractivity contribution < 1.29 is 13.2 Å². The molecule has 1 amide bonds. The summed E-state index contributed by atoms with van der Waals surface area (Å²) < 4.78 is 27.2. The van der Waals surface area contributed by atoms with Crippen molar-refractivity contribution >= 4 is 32.7 Å². The number of amides is 1. The van der Waals surface area contributed by atoms with E-state index in [2.05, 4.69) is 14.7 Å². The number of carbonyl (C=O) groups excluding carboxylic acids is 1. The van der Waals surface area contributed by atoms with Gasteiger partial charge in [-0.1, -0.05) is 6.42 Å². The van der Waals surface area contributed by atoms with E-state index in [0.29, 0.717) is 11.6 Å². The molecule has 1 fully saturated rings.